The molecule has 1 aromatic carbocycles. The minimum absolute atomic E-state index is 0.225. The Morgan fingerprint density at radius 2 is 2.10 bits per heavy atom. The molecule has 1 atom stereocenters. The molecule has 0 saturated carbocycles. The van der Waals surface area contributed by atoms with Gasteiger partial charge in [0.05, 0.1) is 11.4 Å². The zero-order valence-corrected chi connectivity index (χ0v) is 11.3. The summed E-state index contributed by atoms with van der Waals surface area (Å²) in [6.07, 6.45) is 0.476. The lowest BCUT2D eigenvalue weighted by Crippen LogP contribution is -2.30. The highest BCUT2D eigenvalue weighted by Crippen LogP contribution is 2.23. The first-order chi connectivity index (χ1) is 10.1. The van der Waals surface area contributed by atoms with Gasteiger partial charge in [-0.15, -0.1) is 0 Å². The highest BCUT2D eigenvalue weighted by atomic mass is 16.4. The number of carbonyl (C=O) groups is 2. The van der Waals surface area contributed by atoms with Gasteiger partial charge in [-0.25, -0.2) is 4.98 Å². The van der Waals surface area contributed by atoms with E-state index in [4.69, 9.17) is 10.8 Å². The molecule has 6 heteroatoms. The normalized spacial score (nSPS) is 18.1. The number of fused-ring (bicyclic) bond motifs is 1. The molecule has 0 aliphatic carbocycles. The van der Waals surface area contributed by atoms with Crippen LogP contribution >= 0.6 is 0 Å². The van der Waals surface area contributed by atoms with Crippen molar-refractivity contribution in [1.29, 1.82) is 0 Å². The second kappa shape index (κ2) is 5.05. The molecule has 3 rings (SSSR count). The van der Waals surface area contributed by atoms with Gasteiger partial charge in [0.25, 0.3) is 5.91 Å². The van der Waals surface area contributed by atoms with E-state index in [1.54, 1.807) is 12.1 Å². The summed E-state index contributed by atoms with van der Waals surface area (Å²) < 4.78 is 0. The van der Waals surface area contributed by atoms with Gasteiger partial charge in [0, 0.05) is 24.2 Å². The first-order valence-electron chi connectivity index (χ1n) is 6.73. The van der Waals surface area contributed by atoms with Crippen LogP contribution in [-0.2, 0) is 4.79 Å². The largest absolute Gasteiger partial charge is 0.481 e. The van der Waals surface area contributed by atoms with Crippen LogP contribution in [0.2, 0.25) is 0 Å². The molecule has 1 amide bonds. The van der Waals surface area contributed by atoms with Crippen LogP contribution in [-0.4, -0.2) is 40.0 Å². The first-order valence-corrected chi connectivity index (χ1v) is 6.73. The zero-order chi connectivity index (χ0) is 15.0. The molecule has 1 aliphatic rings. The number of aromatic nitrogens is 1. The predicted octanol–water partition coefficient (Wildman–Crippen LogP) is 1.36. The monoisotopic (exact) mass is 285 g/mol. The summed E-state index contributed by atoms with van der Waals surface area (Å²) in [4.78, 5) is 29.2. The summed E-state index contributed by atoms with van der Waals surface area (Å²) in [6.45, 7) is 0.660. The maximum atomic E-state index is 12.4. The number of amides is 1. The molecule has 2 aromatic rings. The number of pyridine rings is 1. The molecular weight excluding hydrogens is 270 g/mol. The van der Waals surface area contributed by atoms with Crippen LogP contribution in [0.1, 0.15) is 16.9 Å². The van der Waals surface area contributed by atoms with E-state index in [2.05, 4.69) is 4.98 Å². The van der Waals surface area contributed by atoms with Crippen molar-refractivity contribution in [2.75, 3.05) is 18.8 Å². The fourth-order valence-corrected chi connectivity index (χ4v) is 2.62. The Morgan fingerprint density at radius 3 is 2.81 bits per heavy atom. The number of nitrogens with two attached hydrogens (primary N) is 1. The van der Waals surface area contributed by atoms with Gasteiger partial charge in [-0.1, -0.05) is 18.2 Å². The summed E-state index contributed by atoms with van der Waals surface area (Å²) in [5, 5.41) is 9.80. The Morgan fingerprint density at radius 1 is 1.33 bits per heavy atom. The number of nitrogens with zero attached hydrogens (tertiary/aromatic N) is 2. The number of nitrogen functional groups attached to an aromatic ring is 1. The molecule has 0 radical (unpaired) electrons. The van der Waals surface area contributed by atoms with E-state index in [0.717, 1.165) is 5.39 Å². The van der Waals surface area contributed by atoms with E-state index in [1.165, 1.54) is 4.90 Å². The molecule has 2 heterocycles. The Bertz CT molecular complexity index is 729. The fraction of sp³-hybridized carbons (Fsp3) is 0.267. The van der Waals surface area contributed by atoms with Crippen molar-refractivity contribution in [3.05, 3.63) is 36.0 Å². The van der Waals surface area contributed by atoms with Gasteiger partial charge in [0.1, 0.15) is 5.69 Å². The molecule has 1 aromatic heterocycles. The molecule has 1 saturated heterocycles. The van der Waals surface area contributed by atoms with E-state index in [-0.39, 0.29) is 18.1 Å². The summed E-state index contributed by atoms with van der Waals surface area (Å²) in [5.41, 5.74) is 7.39. The van der Waals surface area contributed by atoms with E-state index in [1.807, 2.05) is 18.2 Å². The summed E-state index contributed by atoms with van der Waals surface area (Å²) in [7, 11) is 0. The van der Waals surface area contributed by atoms with Crippen LogP contribution in [0.4, 0.5) is 5.69 Å². The van der Waals surface area contributed by atoms with Gasteiger partial charge in [-0.2, -0.15) is 0 Å². The smallest absolute Gasteiger partial charge is 0.308 e. The van der Waals surface area contributed by atoms with E-state index in [9.17, 15) is 9.59 Å². The summed E-state index contributed by atoms with van der Waals surface area (Å²) in [5.74, 6) is -1.63. The zero-order valence-electron chi connectivity index (χ0n) is 11.3. The number of benzene rings is 1. The Hall–Kier alpha value is -2.63. The first kappa shape index (κ1) is 13.4. The Balaban J connectivity index is 1.90. The SMILES string of the molecule is Nc1cc(C(=O)N2CCC(C(=O)O)C2)nc2ccccc12. The average Bonchev–Trinajstić information content (AvgIpc) is 2.96. The molecule has 1 unspecified atom stereocenters. The van der Waals surface area contributed by atoms with Gasteiger partial charge in [-0.3, -0.25) is 9.59 Å². The Labute approximate surface area is 121 Å². The van der Waals surface area contributed by atoms with Crippen molar-refractivity contribution in [3.8, 4) is 0 Å². The third-order valence-electron chi connectivity index (χ3n) is 3.79. The number of para-hydroxylation sites is 1. The fourth-order valence-electron chi connectivity index (χ4n) is 2.62. The second-order valence-corrected chi connectivity index (χ2v) is 5.19. The van der Waals surface area contributed by atoms with Crippen molar-refractivity contribution >= 4 is 28.5 Å². The molecule has 1 aliphatic heterocycles. The number of hydrogen-bond donors (Lipinski definition) is 2. The highest BCUT2D eigenvalue weighted by Gasteiger charge is 2.31. The van der Waals surface area contributed by atoms with E-state index < -0.39 is 11.9 Å². The van der Waals surface area contributed by atoms with Gasteiger partial charge in [-0.05, 0) is 18.6 Å². The van der Waals surface area contributed by atoms with Crippen molar-refractivity contribution < 1.29 is 14.7 Å². The van der Waals surface area contributed by atoms with Crippen LogP contribution in [0.25, 0.3) is 10.9 Å². The van der Waals surface area contributed by atoms with Gasteiger partial charge in [0.2, 0.25) is 0 Å². The maximum absolute atomic E-state index is 12.4. The molecule has 1 fully saturated rings. The lowest BCUT2D eigenvalue weighted by molar-refractivity contribution is -0.141. The second-order valence-electron chi connectivity index (χ2n) is 5.19. The number of rotatable bonds is 2. The van der Waals surface area contributed by atoms with E-state index >= 15 is 0 Å². The number of carboxylic acids is 1. The average molecular weight is 285 g/mol. The van der Waals surface area contributed by atoms with Crippen molar-refractivity contribution in [2.24, 2.45) is 5.92 Å². The van der Waals surface area contributed by atoms with Crippen LogP contribution in [0.3, 0.4) is 0 Å². The van der Waals surface area contributed by atoms with Gasteiger partial charge < -0.3 is 15.7 Å². The van der Waals surface area contributed by atoms with Crippen LogP contribution in [0.15, 0.2) is 30.3 Å². The van der Waals surface area contributed by atoms with Crippen LogP contribution in [0, 0.1) is 5.92 Å². The number of hydrogen-bond acceptors (Lipinski definition) is 4. The molecule has 3 N–H and O–H groups in total. The molecule has 6 nitrogen and oxygen atoms in total. The maximum Gasteiger partial charge on any atom is 0.308 e. The standard InChI is InChI=1S/C15H15N3O3/c16-11-7-13(17-12-4-2-1-3-10(11)12)14(19)18-6-5-9(8-18)15(20)21/h1-4,7,9H,5-6,8H2,(H2,16,17)(H,20,21). The quantitative estimate of drug-likeness (QED) is 0.868. The highest BCUT2D eigenvalue weighted by molar-refractivity contribution is 5.99. The summed E-state index contributed by atoms with van der Waals surface area (Å²) >= 11 is 0. The van der Waals surface area contributed by atoms with Crippen molar-refractivity contribution in [2.45, 2.75) is 6.42 Å². The molecule has 108 valence electrons. The van der Waals surface area contributed by atoms with Gasteiger partial charge >= 0.3 is 5.97 Å². The predicted molar refractivity (Wildman–Crippen MR) is 77.8 cm³/mol. The molecule has 0 bridgehead atoms. The van der Waals surface area contributed by atoms with Crippen LogP contribution in [0.5, 0.6) is 0 Å². The third-order valence-corrected chi connectivity index (χ3v) is 3.79. The van der Waals surface area contributed by atoms with Gasteiger partial charge in [0.15, 0.2) is 0 Å². The number of aliphatic carboxylic acids is 1. The van der Waals surface area contributed by atoms with Crippen LogP contribution < -0.4 is 5.73 Å². The topological polar surface area (TPSA) is 96.5 Å². The number of carboxylic acid groups (broad SMARTS) is 1. The minimum atomic E-state index is -0.865. The molecular formula is C15H15N3O3. The van der Waals surface area contributed by atoms with Crippen molar-refractivity contribution in [1.82, 2.24) is 9.88 Å². The molecule has 21 heavy (non-hydrogen) atoms. The number of likely N-dealkylation sites (tertiary alicyclic amines) is 1. The Kier molecular flexibility index (Phi) is 3.21. The summed E-state index contributed by atoms with van der Waals surface area (Å²) in [6, 6.07) is 8.90. The number of carbonyl (C=O) groups excluding carboxylic acids is 1. The van der Waals surface area contributed by atoms with E-state index in [0.29, 0.717) is 24.2 Å². The minimum Gasteiger partial charge on any atom is -0.481 e. The lowest BCUT2D eigenvalue weighted by atomic mass is 10.1. The number of anilines is 1. The molecule has 0 spiro atoms. The lowest BCUT2D eigenvalue weighted by Gasteiger charge is -2.16. The van der Waals surface area contributed by atoms with Crippen molar-refractivity contribution in [3.63, 3.8) is 0 Å². The third kappa shape index (κ3) is 2.40.